The fourth-order valence-electron chi connectivity index (χ4n) is 1.38. The lowest BCUT2D eigenvalue weighted by atomic mass is 10.3. The fourth-order valence-corrected chi connectivity index (χ4v) is 3.88. The maximum absolute atomic E-state index is 11.9. The van der Waals surface area contributed by atoms with Crippen molar-refractivity contribution in [3.8, 4) is 0 Å². The quantitative estimate of drug-likeness (QED) is 0.896. The van der Waals surface area contributed by atoms with E-state index in [2.05, 4.69) is 0 Å². The zero-order chi connectivity index (χ0) is 13.2. The summed E-state index contributed by atoms with van der Waals surface area (Å²) in [5, 5.41) is 8.44. The molecule has 0 saturated heterocycles. The number of aryl methyl sites for hydroxylation is 1. The highest BCUT2D eigenvalue weighted by Gasteiger charge is 2.22. The molecule has 17 heavy (non-hydrogen) atoms. The first kappa shape index (κ1) is 14.2. The number of thiophene rings is 1. The maximum atomic E-state index is 11.9. The van der Waals surface area contributed by atoms with Gasteiger partial charge in [0.2, 0.25) is 0 Å². The summed E-state index contributed by atoms with van der Waals surface area (Å²) in [7, 11) is -3.18. The van der Waals surface area contributed by atoms with Gasteiger partial charge in [-0.25, -0.2) is 13.2 Å². The van der Waals surface area contributed by atoms with E-state index < -0.39 is 21.1 Å². The molecule has 1 aromatic rings. The minimum Gasteiger partial charge on any atom is -0.477 e. The van der Waals surface area contributed by atoms with Gasteiger partial charge in [-0.2, -0.15) is 0 Å². The molecule has 0 aliphatic heterocycles. The molecule has 0 fully saturated rings. The van der Waals surface area contributed by atoms with Crippen molar-refractivity contribution in [2.24, 2.45) is 0 Å². The Labute approximate surface area is 105 Å². The number of sulfone groups is 1. The topological polar surface area (TPSA) is 71.4 Å². The van der Waals surface area contributed by atoms with Crippen LogP contribution in [0.15, 0.2) is 6.07 Å². The highest BCUT2D eigenvalue weighted by Crippen LogP contribution is 2.25. The van der Waals surface area contributed by atoms with E-state index >= 15 is 0 Å². The molecule has 1 N–H and O–H groups in total. The van der Waals surface area contributed by atoms with Gasteiger partial charge in [0, 0.05) is 4.88 Å². The minimum atomic E-state index is -3.18. The van der Waals surface area contributed by atoms with Crippen LogP contribution in [0, 0.1) is 6.92 Å². The van der Waals surface area contributed by atoms with E-state index in [1.807, 2.05) is 6.92 Å². The number of carboxylic acid groups (broad SMARTS) is 1. The van der Waals surface area contributed by atoms with Gasteiger partial charge < -0.3 is 5.11 Å². The van der Waals surface area contributed by atoms with Crippen molar-refractivity contribution in [2.45, 2.75) is 38.2 Å². The van der Waals surface area contributed by atoms with Gasteiger partial charge in [-0.3, -0.25) is 0 Å². The lowest BCUT2D eigenvalue weighted by molar-refractivity contribution is 0.0702. The second-order valence-corrected chi connectivity index (χ2v) is 7.70. The van der Waals surface area contributed by atoms with Gasteiger partial charge in [0.05, 0.1) is 11.0 Å². The van der Waals surface area contributed by atoms with Crippen molar-refractivity contribution in [1.29, 1.82) is 0 Å². The molecule has 4 nitrogen and oxygen atoms in total. The number of carboxylic acids is 1. The van der Waals surface area contributed by atoms with Gasteiger partial charge in [-0.1, -0.05) is 6.92 Å². The Hall–Kier alpha value is -0.880. The van der Waals surface area contributed by atoms with Crippen LogP contribution in [0.3, 0.4) is 0 Å². The Balaban J connectivity index is 3.00. The summed E-state index contributed by atoms with van der Waals surface area (Å²) in [6, 6.07) is 1.46. The number of rotatable bonds is 5. The number of aromatic carboxylic acids is 1. The normalized spacial score (nSPS) is 13.6. The molecule has 1 rings (SSSR count). The van der Waals surface area contributed by atoms with E-state index in [0.717, 1.165) is 16.2 Å². The van der Waals surface area contributed by atoms with Crippen LogP contribution in [-0.2, 0) is 15.6 Å². The van der Waals surface area contributed by atoms with Crippen LogP contribution < -0.4 is 0 Å². The van der Waals surface area contributed by atoms with Crippen LogP contribution in [-0.4, -0.2) is 24.7 Å². The third-order valence-corrected chi connectivity index (χ3v) is 6.13. The van der Waals surface area contributed by atoms with E-state index in [-0.39, 0.29) is 10.6 Å². The smallest absolute Gasteiger partial charge is 0.345 e. The zero-order valence-electron chi connectivity index (χ0n) is 10.1. The van der Waals surface area contributed by atoms with Crippen molar-refractivity contribution in [3.05, 3.63) is 21.4 Å². The molecule has 1 aromatic heterocycles. The molecule has 0 spiro atoms. The van der Waals surface area contributed by atoms with Crippen molar-refractivity contribution in [3.63, 3.8) is 0 Å². The maximum Gasteiger partial charge on any atom is 0.345 e. The van der Waals surface area contributed by atoms with Gasteiger partial charge in [-0.05, 0) is 31.9 Å². The van der Waals surface area contributed by atoms with Crippen LogP contribution in [0.25, 0.3) is 0 Å². The molecular formula is C11H16O4S2. The third kappa shape index (κ3) is 3.29. The molecule has 0 saturated carbocycles. The number of hydrogen-bond acceptors (Lipinski definition) is 4. The Morgan fingerprint density at radius 2 is 2.12 bits per heavy atom. The van der Waals surface area contributed by atoms with Crippen LogP contribution in [0.1, 0.15) is 40.4 Å². The largest absolute Gasteiger partial charge is 0.477 e. The second-order valence-electron chi connectivity index (χ2n) is 4.02. The van der Waals surface area contributed by atoms with E-state index in [9.17, 15) is 13.2 Å². The molecule has 96 valence electrons. The molecule has 1 atom stereocenters. The Bertz CT molecular complexity index is 514. The van der Waals surface area contributed by atoms with Crippen LogP contribution in [0.5, 0.6) is 0 Å². The molecule has 1 heterocycles. The van der Waals surface area contributed by atoms with Crippen LogP contribution in [0.4, 0.5) is 0 Å². The summed E-state index contributed by atoms with van der Waals surface area (Å²) in [5.74, 6) is -1.08. The van der Waals surface area contributed by atoms with Gasteiger partial charge in [-0.15, -0.1) is 11.3 Å². The van der Waals surface area contributed by atoms with Crippen molar-refractivity contribution in [1.82, 2.24) is 0 Å². The second kappa shape index (κ2) is 5.18. The summed E-state index contributed by atoms with van der Waals surface area (Å²) in [5.41, 5.74) is 0.604. The van der Waals surface area contributed by atoms with Crippen molar-refractivity contribution < 1.29 is 18.3 Å². The molecule has 0 amide bonds. The summed E-state index contributed by atoms with van der Waals surface area (Å²) >= 11 is 1.12. The predicted molar refractivity (Wildman–Crippen MR) is 68.4 cm³/mol. The Morgan fingerprint density at radius 1 is 1.53 bits per heavy atom. The first-order valence-corrected chi connectivity index (χ1v) is 7.85. The summed E-state index contributed by atoms with van der Waals surface area (Å²) < 4.78 is 23.8. The van der Waals surface area contributed by atoms with Gasteiger partial charge in [0.1, 0.15) is 4.88 Å². The molecule has 0 radical (unpaired) electrons. The monoisotopic (exact) mass is 276 g/mol. The van der Waals surface area contributed by atoms with Crippen LogP contribution >= 0.6 is 11.3 Å². The molecule has 0 aromatic carbocycles. The fraction of sp³-hybridized carbons (Fsp3) is 0.545. The number of carbonyl (C=O) groups is 1. The molecule has 0 aliphatic rings. The highest BCUT2D eigenvalue weighted by molar-refractivity contribution is 7.91. The highest BCUT2D eigenvalue weighted by atomic mass is 32.2. The molecule has 6 heteroatoms. The minimum absolute atomic E-state index is 0.0718. The SMILES string of the molecule is CCC(C)S(=O)(=O)Cc1cc(C(=O)O)sc1C. The van der Waals surface area contributed by atoms with E-state index in [1.165, 1.54) is 6.07 Å². The van der Waals surface area contributed by atoms with Gasteiger partial charge in [0.15, 0.2) is 9.84 Å². The Kier molecular flexibility index (Phi) is 4.32. The Morgan fingerprint density at radius 3 is 2.53 bits per heavy atom. The molecule has 0 aliphatic carbocycles. The summed E-state index contributed by atoms with van der Waals surface area (Å²) in [6.07, 6.45) is 0.567. The lowest BCUT2D eigenvalue weighted by Crippen LogP contribution is -2.18. The summed E-state index contributed by atoms with van der Waals surface area (Å²) in [6.45, 7) is 5.25. The van der Waals surface area contributed by atoms with E-state index in [0.29, 0.717) is 12.0 Å². The van der Waals surface area contributed by atoms with Gasteiger partial charge >= 0.3 is 5.97 Å². The first-order valence-electron chi connectivity index (χ1n) is 5.32. The average Bonchev–Trinajstić information content (AvgIpc) is 2.58. The average molecular weight is 276 g/mol. The standard InChI is InChI=1S/C11H16O4S2/c1-4-7(2)17(14,15)6-9-5-10(11(12)13)16-8(9)3/h5,7H,4,6H2,1-3H3,(H,12,13). The van der Waals surface area contributed by atoms with Crippen LogP contribution in [0.2, 0.25) is 0 Å². The lowest BCUT2D eigenvalue weighted by Gasteiger charge is -2.09. The predicted octanol–water partition coefficient (Wildman–Crippen LogP) is 2.47. The third-order valence-electron chi connectivity index (χ3n) is 2.78. The number of hydrogen-bond donors (Lipinski definition) is 1. The van der Waals surface area contributed by atoms with E-state index in [4.69, 9.17) is 5.11 Å². The molecule has 0 bridgehead atoms. The zero-order valence-corrected chi connectivity index (χ0v) is 11.7. The van der Waals surface area contributed by atoms with Gasteiger partial charge in [0.25, 0.3) is 0 Å². The van der Waals surface area contributed by atoms with Crippen molar-refractivity contribution in [2.75, 3.05) is 0 Å². The molecule has 1 unspecified atom stereocenters. The van der Waals surface area contributed by atoms with Crippen molar-refractivity contribution >= 4 is 27.1 Å². The summed E-state index contributed by atoms with van der Waals surface area (Å²) in [4.78, 5) is 11.7. The van der Waals surface area contributed by atoms with E-state index in [1.54, 1.807) is 13.8 Å². The molecular weight excluding hydrogens is 260 g/mol. The first-order chi connectivity index (χ1) is 7.77.